The summed E-state index contributed by atoms with van der Waals surface area (Å²) in [4.78, 5) is 13.2. The van der Waals surface area contributed by atoms with Crippen LogP contribution in [0.25, 0.3) is 0 Å². The van der Waals surface area contributed by atoms with Gasteiger partial charge in [-0.1, -0.05) is 33.6 Å². The van der Waals surface area contributed by atoms with E-state index in [9.17, 15) is 15.0 Å². The van der Waals surface area contributed by atoms with Crippen LogP contribution in [-0.4, -0.2) is 27.7 Å². The summed E-state index contributed by atoms with van der Waals surface area (Å²) >= 11 is 0. The molecule has 10 atom stereocenters. The molecule has 0 spiro atoms. The summed E-state index contributed by atoms with van der Waals surface area (Å²) in [6.07, 6.45) is 11.5. The van der Waals surface area contributed by atoms with E-state index in [0.29, 0.717) is 35.9 Å². The molecule has 3 heteroatoms. The zero-order chi connectivity index (χ0) is 20.8. The lowest BCUT2D eigenvalue weighted by Gasteiger charge is -2.66. The maximum absolute atomic E-state index is 13.2. The van der Waals surface area contributed by atoms with Gasteiger partial charge in [0.15, 0.2) is 0 Å². The average Bonchev–Trinajstić information content (AvgIpc) is 2.95. The third-order valence-electron chi connectivity index (χ3n) is 11.9. The SMILES string of the molecule is CC(=O)[C@]12CCCC[C@@H]1C[C@@H]1[C@H]3C[C@H](C)[C@@]4(O)C[C@H](O)CC[C@]4(C)[C@@H]3CC[C@]12C. The summed E-state index contributed by atoms with van der Waals surface area (Å²) < 4.78 is 0. The quantitative estimate of drug-likeness (QED) is 0.639. The van der Waals surface area contributed by atoms with Crippen LogP contribution in [0.5, 0.6) is 0 Å². The molecule has 0 aromatic heterocycles. The molecule has 5 saturated carbocycles. The highest BCUT2D eigenvalue weighted by molar-refractivity contribution is 5.84. The van der Waals surface area contributed by atoms with E-state index in [1.807, 2.05) is 6.92 Å². The number of aliphatic hydroxyl groups is 2. The number of carbonyl (C=O) groups excluding carboxylic acids is 1. The average molecular weight is 403 g/mol. The van der Waals surface area contributed by atoms with Crippen LogP contribution in [0.15, 0.2) is 0 Å². The van der Waals surface area contributed by atoms with E-state index in [1.54, 1.807) is 0 Å². The highest BCUT2D eigenvalue weighted by atomic mass is 16.3. The maximum Gasteiger partial charge on any atom is 0.136 e. The van der Waals surface area contributed by atoms with Gasteiger partial charge in [-0.3, -0.25) is 4.79 Å². The van der Waals surface area contributed by atoms with Crippen LogP contribution in [0, 0.1) is 45.8 Å². The van der Waals surface area contributed by atoms with E-state index in [-0.39, 0.29) is 28.3 Å². The minimum absolute atomic E-state index is 0.0818. The summed E-state index contributed by atoms with van der Waals surface area (Å²) in [5, 5.41) is 22.2. The first-order chi connectivity index (χ1) is 13.6. The highest BCUT2D eigenvalue weighted by Crippen LogP contribution is 2.75. The lowest BCUT2D eigenvalue weighted by molar-refractivity contribution is -0.246. The Morgan fingerprint density at radius 3 is 2.38 bits per heavy atom. The molecule has 0 aliphatic heterocycles. The molecule has 3 nitrogen and oxygen atoms in total. The van der Waals surface area contributed by atoms with Crippen molar-refractivity contribution in [3.8, 4) is 0 Å². The molecule has 0 aromatic rings. The van der Waals surface area contributed by atoms with Gasteiger partial charge in [0, 0.05) is 11.8 Å². The van der Waals surface area contributed by atoms with Crippen molar-refractivity contribution in [3.05, 3.63) is 0 Å². The van der Waals surface area contributed by atoms with Gasteiger partial charge in [-0.15, -0.1) is 0 Å². The Morgan fingerprint density at radius 1 is 0.931 bits per heavy atom. The predicted molar refractivity (Wildman–Crippen MR) is 114 cm³/mol. The van der Waals surface area contributed by atoms with Gasteiger partial charge in [0.25, 0.3) is 0 Å². The van der Waals surface area contributed by atoms with Gasteiger partial charge in [0.2, 0.25) is 0 Å². The second kappa shape index (κ2) is 6.31. The van der Waals surface area contributed by atoms with Crippen molar-refractivity contribution in [2.75, 3.05) is 0 Å². The van der Waals surface area contributed by atoms with Crippen molar-refractivity contribution in [2.24, 2.45) is 45.8 Å². The standard InChI is InChI=1S/C26H42O3/c1-16-13-20-21(24(4)11-8-19(28)15-26(16,24)29)9-12-23(3)22(20)14-18-7-5-6-10-25(18,23)17(2)27/h16,18-22,28-29H,5-15H2,1-4H3/t16-,18+,19+,20-,21+,22+,23+,24+,25+,26-/m0/s1. The first-order valence-corrected chi connectivity index (χ1v) is 12.5. The zero-order valence-electron chi connectivity index (χ0n) is 19.0. The second-order valence-electron chi connectivity index (χ2n) is 12.4. The number of rotatable bonds is 1. The first-order valence-electron chi connectivity index (χ1n) is 12.5. The number of hydrogen-bond donors (Lipinski definition) is 2. The predicted octanol–water partition coefficient (Wildman–Crippen LogP) is 5.13. The summed E-state index contributed by atoms with van der Waals surface area (Å²) in [6.45, 7) is 8.96. The second-order valence-corrected chi connectivity index (χ2v) is 12.4. The van der Waals surface area contributed by atoms with Gasteiger partial charge < -0.3 is 10.2 Å². The molecule has 0 unspecified atom stereocenters. The summed E-state index contributed by atoms with van der Waals surface area (Å²) in [6, 6.07) is 0. The molecule has 2 N–H and O–H groups in total. The van der Waals surface area contributed by atoms with Crippen LogP contribution < -0.4 is 0 Å². The third-order valence-corrected chi connectivity index (χ3v) is 11.9. The van der Waals surface area contributed by atoms with Crippen molar-refractivity contribution in [2.45, 2.75) is 110 Å². The van der Waals surface area contributed by atoms with Gasteiger partial charge in [-0.25, -0.2) is 0 Å². The molecule has 5 rings (SSSR count). The summed E-state index contributed by atoms with van der Waals surface area (Å²) in [7, 11) is 0. The number of hydrogen-bond acceptors (Lipinski definition) is 3. The van der Waals surface area contributed by atoms with Gasteiger partial charge >= 0.3 is 0 Å². The third kappa shape index (κ3) is 2.30. The minimum atomic E-state index is -0.733. The molecular formula is C26H42O3. The van der Waals surface area contributed by atoms with Gasteiger partial charge in [-0.05, 0) is 98.7 Å². The molecule has 0 radical (unpaired) electrons. The van der Waals surface area contributed by atoms with E-state index in [4.69, 9.17) is 0 Å². The fourth-order valence-electron chi connectivity index (χ4n) is 10.5. The van der Waals surface area contributed by atoms with Crippen LogP contribution >= 0.6 is 0 Å². The minimum Gasteiger partial charge on any atom is -0.393 e. The van der Waals surface area contributed by atoms with Gasteiger partial charge in [0.05, 0.1) is 11.7 Å². The number of Topliss-reactive ketones (excluding diaryl/α,β-unsaturated/α-hetero) is 1. The van der Waals surface area contributed by atoms with E-state index >= 15 is 0 Å². The van der Waals surface area contributed by atoms with Crippen LogP contribution in [0.4, 0.5) is 0 Å². The molecule has 0 heterocycles. The highest BCUT2D eigenvalue weighted by Gasteiger charge is 2.71. The lowest BCUT2D eigenvalue weighted by Crippen LogP contribution is -2.66. The Hall–Kier alpha value is -0.410. The fraction of sp³-hybridized carbons (Fsp3) is 0.962. The molecule has 5 aliphatic rings. The largest absolute Gasteiger partial charge is 0.393 e. The molecule has 0 amide bonds. The monoisotopic (exact) mass is 402 g/mol. The lowest BCUT2D eigenvalue weighted by atomic mass is 9.40. The van der Waals surface area contributed by atoms with Crippen LogP contribution in [-0.2, 0) is 4.79 Å². The van der Waals surface area contributed by atoms with Crippen LogP contribution in [0.1, 0.15) is 98.3 Å². The molecular weight excluding hydrogens is 360 g/mol. The zero-order valence-corrected chi connectivity index (χ0v) is 19.0. The maximum atomic E-state index is 13.2. The first kappa shape index (κ1) is 20.5. The molecule has 164 valence electrons. The molecule has 0 saturated heterocycles. The van der Waals surface area contributed by atoms with Crippen molar-refractivity contribution in [3.63, 3.8) is 0 Å². The van der Waals surface area contributed by atoms with Crippen molar-refractivity contribution in [1.29, 1.82) is 0 Å². The molecule has 0 bridgehead atoms. The Morgan fingerprint density at radius 2 is 1.66 bits per heavy atom. The van der Waals surface area contributed by atoms with E-state index in [0.717, 1.165) is 38.5 Å². The summed E-state index contributed by atoms with van der Waals surface area (Å²) in [5.74, 6) is 3.08. The number of carbonyl (C=O) groups is 1. The Kier molecular flexibility index (Phi) is 4.46. The molecule has 0 aromatic carbocycles. The van der Waals surface area contributed by atoms with Gasteiger partial charge in [-0.2, -0.15) is 0 Å². The Labute approximate surface area is 177 Å². The molecule has 5 aliphatic carbocycles. The summed E-state index contributed by atoms with van der Waals surface area (Å²) in [5.41, 5.74) is -0.761. The van der Waals surface area contributed by atoms with Crippen molar-refractivity contribution >= 4 is 5.78 Å². The smallest absolute Gasteiger partial charge is 0.136 e. The Balaban J connectivity index is 1.55. The normalized spacial score (nSPS) is 59.2. The van der Waals surface area contributed by atoms with Crippen molar-refractivity contribution < 1.29 is 15.0 Å². The number of aliphatic hydroxyl groups excluding tert-OH is 1. The van der Waals surface area contributed by atoms with Crippen LogP contribution in [0.3, 0.4) is 0 Å². The topological polar surface area (TPSA) is 57.5 Å². The van der Waals surface area contributed by atoms with Gasteiger partial charge in [0.1, 0.15) is 5.78 Å². The van der Waals surface area contributed by atoms with E-state index in [2.05, 4.69) is 20.8 Å². The molecule has 5 fully saturated rings. The number of fused-ring (bicyclic) bond motifs is 7. The number of ketones is 1. The van der Waals surface area contributed by atoms with E-state index in [1.165, 1.54) is 25.7 Å². The van der Waals surface area contributed by atoms with E-state index < -0.39 is 5.60 Å². The fourth-order valence-corrected chi connectivity index (χ4v) is 10.5. The Bertz CT molecular complexity index is 704. The molecule has 29 heavy (non-hydrogen) atoms. The van der Waals surface area contributed by atoms with Crippen molar-refractivity contribution in [1.82, 2.24) is 0 Å². The van der Waals surface area contributed by atoms with Crippen LogP contribution in [0.2, 0.25) is 0 Å².